The minimum Gasteiger partial charge on any atom is -0.438 e. The molecule has 0 radical (unpaired) electrons. The topological polar surface area (TPSA) is 93.2 Å². The van der Waals surface area contributed by atoms with Crippen LogP contribution in [0, 0.1) is 17.0 Å². The molecule has 0 fully saturated rings. The zero-order valence-electron chi connectivity index (χ0n) is 21.8. The van der Waals surface area contributed by atoms with Gasteiger partial charge in [-0.2, -0.15) is 13.2 Å². The molecule has 0 saturated carbocycles. The number of rotatable bonds is 6. The van der Waals surface area contributed by atoms with Crippen LogP contribution in [0.1, 0.15) is 42.3 Å². The van der Waals surface area contributed by atoms with E-state index < -0.39 is 40.3 Å². The van der Waals surface area contributed by atoms with Gasteiger partial charge in [0.15, 0.2) is 0 Å². The molecule has 0 bridgehead atoms. The Morgan fingerprint density at radius 1 is 1.00 bits per heavy atom. The van der Waals surface area contributed by atoms with Crippen molar-refractivity contribution >= 4 is 40.0 Å². The number of benzene rings is 3. The number of nitrogens with zero attached hydrogens (tertiary/aromatic N) is 2. The van der Waals surface area contributed by atoms with E-state index >= 15 is 4.39 Å². The summed E-state index contributed by atoms with van der Waals surface area (Å²) in [4.78, 5) is 33.4. The van der Waals surface area contributed by atoms with Crippen LogP contribution in [0.5, 0.6) is 11.6 Å². The third-order valence-electron chi connectivity index (χ3n) is 5.85. The number of hydrogen-bond acceptors (Lipinski definition) is 5. The van der Waals surface area contributed by atoms with Gasteiger partial charge in [-0.05, 0) is 36.4 Å². The highest BCUT2D eigenvalue weighted by atomic mass is 35.5. The van der Waals surface area contributed by atoms with E-state index in [1.165, 1.54) is 30.3 Å². The number of anilines is 1. The second-order valence-electron chi connectivity index (χ2n) is 9.90. The van der Waals surface area contributed by atoms with Crippen LogP contribution in [-0.2, 0) is 17.5 Å². The highest BCUT2D eigenvalue weighted by Gasteiger charge is 2.34. The molecule has 4 rings (SSSR count). The molecule has 1 heterocycles. The molecular formula is C28H22ClF5N4O3. The fourth-order valence-corrected chi connectivity index (χ4v) is 3.94. The molecule has 0 saturated heterocycles. The fourth-order valence-electron chi connectivity index (χ4n) is 3.71. The van der Waals surface area contributed by atoms with E-state index in [9.17, 15) is 27.2 Å². The van der Waals surface area contributed by atoms with Crippen molar-refractivity contribution in [3.8, 4) is 11.6 Å². The zero-order chi connectivity index (χ0) is 30.1. The molecule has 7 nitrogen and oxygen atoms in total. The fraction of sp³-hybridized carbons (Fsp3) is 0.214. The number of halogens is 6. The predicted molar refractivity (Wildman–Crippen MR) is 142 cm³/mol. The Labute approximate surface area is 235 Å². The number of carbonyl (C=O) groups excluding carboxylic acids is 2. The summed E-state index contributed by atoms with van der Waals surface area (Å²) < 4.78 is 73.9. The summed E-state index contributed by atoms with van der Waals surface area (Å²) in [5.74, 6) is -4.14. The van der Waals surface area contributed by atoms with Crippen molar-refractivity contribution in [2.75, 3.05) is 5.32 Å². The number of carbonyl (C=O) groups is 2. The van der Waals surface area contributed by atoms with Crippen LogP contribution in [0.3, 0.4) is 0 Å². The van der Waals surface area contributed by atoms with E-state index in [0.29, 0.717) is 12.1 Å². The monoisotopic (exact) mass is 592 g/mol. The lowest BCUT2D eigenvalue weighted by Crippen LogP contribution is -2.34. The van der Waals surface area contributed by atoms with E-state index in [4.69, 9.17) is 16.3 Å². The average Bonchev–Trinajstić information content (AvgIpc) is 2.88. The summed E-state index contributed by atoms with van der Waals surface area (Å²) in [5, 5.41) is 5.15. The van der Waals surface area contributed by atoms with Gasteiger partial charge in [-0.25, -0.2) is 18.7 Å². The molecule has 0 atom stereocenters. The number of alkyl halides is 3. The summed E-state index contributed by atoms with van der Waals surface area (Å²) in [6.45, 7) is 4.91. The van der Waals surface area contributed by atoms with Gasteiger partial charge in [0.05, 0.1) is 27.2 Å². The molecule has 0 aliphatic rings. The maximum absolute atomic E-state index is 15.3. The molecule has 41 heavy (non-hydrogen) atoms. The third-order valence-corrected chi connectivity index (χ3v) is 6.17. The minimum atomic E-state index is -4.94. The Morgan fingerprint density at radius 3 is 2.41 bits per heavy atom. The number of ether oxygens (including phenoxy) is 1. The Balaban J connectivity index is 1.63. The van der Waals surface area contributed by atoms with Crippen molar-refractivity contribution in [1.29, 1.82) is 0 Å². The standard InChI is InChI=1S/C28H22ClF5N4O3/c1-27(2,3)26(40)35-12-14-7-9-18(29)21(22(14)31)24(39)38-20-6-4-5-16-23(20)36-13-37-25(16)41-15-8-10-19(30)17(11-15)28(32,33)34/h4-11,13H,12H2,1-3H3,(H,35,40)(H,38,39). The van der Waals surface area contributed by atoms with Crippen molar-refractivity contribution in [1.82, 2.24) is 15.3 Å². The quantitative estimate of drug-likeness (QED) is 0.229. The summed E-state index contributed by atoms with van der Waals surface area (Å²) in [6, 6.07) is 9.22. The van der Waals surface area contributed by atoms with Crippen LogP contribution in [0.2, 0.25) is 5.02 Å². The van der Waals surface area contributed by atoms with Gasteiger partial charge in [0.25, 0.3) is 5.91 Å². The number of amides is 2. The van der Waals surface area contributed by atoms with Gasteiger partial charge in [0.1, 0.15) is 29.2 Å². The molecule has 2 N–H and O–H groups in total. The van der Waals surface area contributed by atoms with E-state index in [0.717, 1.165) is 12.4 Å². The summed E-state index contributed by atoms with van der Waals surface area (Å²) >= 11 is 6.15. The number of aromatic nitrogens is 2. The van der Waals surface area contributed by atoms with Gasteiger partial charge < -0.3 is 15.4 Å². The Kier molecular flexibility index (Phi) is 8.16. The van der Waals surface area contributed by atoms with Gasteiger partial charge in [0.2, 0.25) is 11.8 Å². The lowest BCUT2D eigenvalue weighted by Gasteiger charge is -2.18. The van der Waals surface area contributed by atoms with Crippen LogP contribution in [0.25, 0.3) is 10.9 Å². The first-order valence-corrected chi connectivity index (χ1v) is 12.4. The van der Waals surface area contributed by atoms with Crippen LogP contribution in [0.4, 0.5) is 27.6 Å². The smallest absolute Gasteiger partial charge is 0.419 e. The van der Waals surface area contributed by atoms with E-state index in [2.05, 4.69) is 20.6 Å². The third kappa shape index (κ3) is 6.54. The molecule has 0 unspecified atom stereocenters. The van der Waals surface area contributed by atoms with Crippen LogP contribution in [-0.4, -0.2) is 21.8 Å². The van der Waals surface area contributed by atoms with E-state index in [1.54, 1.807) is 20.8 Å². The first-order chi connectivity index (χ1) is 19.2. The van der Waals surface area contributed by atoms with Gasteiger partial charge >= 0.3 is 6.18 Å². The predicted octanol–water partition coefficient (Wildman–Crippen LogP) is 7.29. The first-order valence-electron chi connectivity index (χ1n) is 12.0. The lowest BCUT2D eigenvalue weighted by molar-refractivity contribution is -0.140. The molecular weight excluding hydrogens is 571 g/mol. The van der Waals surface area contributed by atoms with Crippen molar-refractivity contribution in [2.24, 2.45) is 5.41 Å². The summed E-state index contributed by atoms with van der Waals surface area (Å²) in [6.07, 6.45) is -3.89. The molecule has 13 heteroatoms. The molecule has 0 aliphatic carbocycles. The van der Waals surface area contributed by atoms with Crippen LogP contribution in [0.15, 0.2) is 54.9 Å². The number of hydrogen-bond donors (Lipinski definition) is 2. The molecule has 4 aromatic rings. The SMILES string of the molecule is CC(C)(C)C(=O)NCc1ccc(Cl)c(C(=O)Nc2cccc3c(Oc4ccc(F)c(C(F)(F)F)c4)ncnc23)c1F. The lowest BCUT2D eigenvalue weighted by atomic mass is 9.95. The van der Waals surface area contributed by atoms with Crippen LogP contribution < -0.4 is 15.4 Å². The maximum atomic E-state index is 15.3. The van der Waals surface area contributed by atoms with Crippen LogP contribution >= 0.6 is 11.6 Å². The van der Waals surface area contributed by atoms with Crippen molar-refractivity contribution in [2.45, 2.75) is 33.5 Å². The Hall–Kier alpha value is -4.32. The van der Waals surface area contributed by atoms with Crippen molar-refractivity contribution < 1.29 is 36.3 Å². The van der Waals surface area contributed by atoms with Gasteiger partial charge in [-0.3, -0.25) is 9.59 Å². The van der Waals surface area contributed by atoms with Gasteiger partial charge in [-0.1, -0.05) is 44.5 Å². The number of nitrogens with one attached hydrogen (secondary N) is 2. The minimum absolute atomic E-state index is 0.0330. The Bertz CT molecular complexity index is 1650. The highest BCUT2D eigenvalue weighted by Crippen LogP contribution is 2.36. The highest BCUT2D eigenvalue weighted by molar-refractivity contribution is 6.34. The molecule has 0 aliphatic heterocycles. The van der Waals surface area contributed by atoms with Gasteiger partial charge in [0, 0.05) is 17.5 Å². The average molecular weight is 593 g/mol. The summed E-state index contributed by atoms with van der Waals surface area (Å²) in [7, 11) is 0. The zero-order valence-corrected chi connectivity index (χ0v) is 22.5. The largest absolute Gasteiger partial charge is 0.438 e. The molecule has 2 amide bonds. The normalized spacial score (nSPS) is 11.8. The molecule has 3 aromatic carbocycles. The summed E-state index contributed by atoms with van der Waals surface area (Å²) in [5.41, 5.74) is -2.45. The molecule has 1 aromatic heterocycles. The Morgan fingerprint density at radius 2 is 1.73 bits per heavy atom. The number of fused-ring (bicyclic) bond motifs is 1. The van der Waals surface area contributed by atoms with Crippen molar-refractivity contribution in [3.63, 3.8) is 0 Å². The van der Waals surface area contributed by atoms with E-state index in [1.807, 2.05) is 0 Å². The maximum Gasteiger partial charge on any atom is 0.419 e. The molecule has 0 spiro atoms. The molecule has 214 valence electrons. The second-order valence-corrected chi connectivity index (χ2v) is 10.3. The number of para-hydroxylation sites is 1. The van der Waals surface area contributed by atoms with E-state index in [-0.39, 0.29) is 51.3 Å². The second kappa shape index (κ2) is 11.3. The van der Waals surface area contributed by atoms with Crippen molar-refractivity contribution in [3.05, 3.63) is 88.2 Å². The first kappa shape index (κ1) is 29.7. The van der Waals surface area contributed by atoms with Gasteiger partial charge in [-0.15, -0.1) is 0 Å².